The van der Waals surface area contributed by atoms with Crippen molar-refractivity contribution in [1.29, 1.82) is 0 Å². The highest BCUT2D eigenvalue weighted by molar-refractivity contribution is 6.30. The Bertz CT molecular complexity index is 1510. The number of aromatic nitrogens is 1. The van der Waals surface area contributed by atoms with E-state index in [9.17, 15) is 9.59 Å². The fourth-order valence-corrected chi connectivity index (χ4v) is 5.26. The zero-order valence-corrected chi connectivity index (χ0v) is 23.1. The van der Waals surface area contributed by atoms with Crippen LogP contribution in [0.2, 0.25) is 5.02 Å². The van der Waals surface area contributed by atoms with Gasteiger partial charge in [0.15, 0.2) is 0 Å². The van der Waals surface area contributed by atoms with Gasteiger partial charge in [0.1, 0.15) is 24.1 Å². The lowest BCUT2D eigenvalue weighted by atomic mass is 9.97. The van der Waals surface area contributed by atoms with Crippen LogP contribution in [0.1, 0.15) is 41.5 Å². The Kier molecular flexibility index (Phi) is 7.35. The molecule has 1 aliphatic heterocycles. The number of ether oxygens (including phenoxy) is 2. The molecule has 2 heterocycles. The fraction of sp³-hybridized carbons (Fsp3) is 0.226. The van der Waals surface area contributed by atoms with Gasteiger partial charge in [-0.15, -0.1) is 0 Å². The van der Waals surface area contributed by atoms with Crippen molar-refractivity contribution in [2.24, 2.45) is 0 Å². The number of carbonyl (C=O) groups is 2. The molecule has 39 heavy (non-hydrogen) atoms. The van der Waals surface area contributed by atoms with E-state index in [0.29, 0.717) is 22.1 Å². The number of nitrogens with zero attached hydrogens (tertiary/aromatic N) is 3. The zero-order valence-electron chi connectivity index (χ0n) is 22.3. The van der Waals surface area contributed by atoms with E-state index >= 15 is 0 Å². The third-order valence-electron chi connectivity index (χ3n) is 6.94. The minimum absolute atomic E-state index is 0.123. The summed E-state index contributed by atoms with van der Waals surface area (Å²) in [6.07, 6.45) is 1.99. The Morgan fingerprint density at radius 1 is 0.897 bits per heavy atom. The summed E-state index contributed by atoms with van der Waals surface area (Å²) in [6.45, 7) is 3.67. The minimum atomic E-state index is -0.429. The number of methoxy groups -OCH3 is 2. The van der Waals surface area contributed by atoms with Gasteiger partial charge in [-0.2, -0.15) is 0 Å². The number of anilines is 1. The molecule has 1 aliphatic rings. The lowest BCUT2D eigenvalue weighted by Gasteiger charge is -2.40. The van der Waals surface area contributed by atoms with E-state index in [1.807, 2.05) is 80.7 Å². The lowest BCUT2D eigenvalue weighted by molar-refractivity contribution is -0.120. The number of amides is 2. The molecule has 1 unspecified atom stereocenters. The maximum atomic E-state index is 14.3. The first-order valence-corrected chi connectivity index (χ1v) is 13.1. The number of hydrogen-bond donors (Lipinski definition) is 0. The van der Waals surface area contributed by atoms with Crippen LogP contribution >= 0.6 is 11.6 Å². The van der Waals surface area contributed by atoms with Crippen molar-refractivity contribution in [2.75, 3.05) is 25.7 Å². The molecule has 0 saturated heterocycles. The molecule has 5 rings (SSSR count). The van der Waals surface area contributed by atoms with Crippen molar-refractivity contribution in [2.45, 2.75) is 25.9 Å². The molecule has 0 N–H and O–H groups in total. The van der Waals surface area contributed by atoms with Crippen LogP contribution < -0.4 is 14.4 Å². The molecule has 0 saturated carbocycles. The summed E-state index contributed by atoms with van der Waals surface area (Å²) in [5.74, 6) is 0.499. The molecular weight excluding hydrogens is 514 g/mol. The van der Waals surface area contributed by atoms with Gasteiger partial charge in [-0.3, -0.25) is 14.5 Å². The van der Waals surface area contributed by atoms with Gasteiger partial charge in [0.25, 0.3) is 5.91 Å². The van der Waals surface area contributed by atoms with Crippen LogP contribution in [0.25, 0.3) is 5.69 Å². The number of carbonyl (C=O) groups excluding carboxylic acids is 2. The standard InChI is InChI=1S/C31H30ClN3O4/c1-20(2)34(31(37)22-16-24(38-3)18-25(17-22)39-4)19-29(36)35-27-12-6-5-11-26(27)33-14-8-13-28(33)30(35)21-9-7-10-23(32)15-21/h5-18,20,30H,19H2,1-4H3. The molecule has 0 aliphatic carbocycles. The number of rotatable bonds is 7. The summed E-state index contributed by atoms with van der Waals surface area (Å²) in [5, 5.41) is 0.586. The van der Waals surface area contributed by atoms with Crippen molar-refractivity contribution in [3.05, 3.63) is 107 Å². The maximum Gasteiger partial charge on any atom is 0.254 e. The summed E-state index contributed by atoms with van der Waals surface area (Å²) < 4.78 is 12.8. The number of hydrogen-bond acceptors (Lipinski definition) is 4. The van der Waals surface area contributed by atoms with Gasteiger partial charge in [-0.1, -0.05) is 35.9 Å². The number of halogens is 1. The second-order valence-electron chi connectivity index (χ2n) is 9.64. The van der Waals surface area contributed by atoms with Gasteiger partial charge in [0.05, 0.1) is 31.3 Å². The molecule has 0 bridgehead atoms. The SMILES string of the molecule is COc1cc(OC)cc(C(=O)N(CC(=O)N2c3ccccc3-n3cccc3C2c2cccc(Cl)c2)C(C)C)c1. The Hall–Kier alpha value is -4.23. The van der Waals surface area contributed by atoms with Gasteiger partial charge in [0.2, 0.25) is 5.91 Å². The van der Waals surface area contributed by atoms with E-state index in [4.69, 9.17) is 21.1 Å². The van der Waals surface area contributed by atoms with Crippen LogP contribution in [0, 0.1) is 0 Å². The second-order valence-corrected chi connectivity index (χ2v) is 10.1. The Balaban J connectivity index is 1.56. The molecule has 0 fully saturated rings. The Morgan fingerprint density at radius 3 is 2.23 bits per heavy atom. The first-order chi connectivity index (χ1) is 18.8. The molecule has 4 aromatic rings. The second kappa shape index (κ2) is 10.9. The molecule has 1 aromatic heterocycles. The van der Waals surface area contributed by atoms with Crippen molar-refractivity contribution in [3.8, 4) is 17.2 Å². The first-order valence-electron chi connectivity index (χ1n) is 12.7. The Morgan fingerprint density at radius 2 is 1.59 bits per heavy atom. The predicted molar refractivity (Wildman–Crippen MR) is 152 cm³/mol. The van der Waals surface area contributed by atoms with E-state index in [1.165, 1.54) is 14.2 Å². The monoisotopic (exact) mass is 543 g/mol. The van der Waals surface area contributed by atoms with Crippen LogP contribution in [0.15, 0.2) is 85.1 Å². The van der Waals surface area contributed by atoms with Gasteiger partial charge in [-0.05, 0) is 67.9 Å². The summed E-state index contributed by atoms with van der Waals surface area (Å²) in [5.41, 5.74) is 3.85. The smallest absolute Gasteiger partial charge is 0.254 e. The first kappa shape index (κ1) is 26.4. The molecule has 0 radical (unpaired) electrons. The zero-order chi connectivity index (χ0) is 27.7. The molecule has 7 nitrogen and oxygen atoms in total. The van der Waals surface area contributed by atoms with E-state index in [0.717, 1.165) is 22.6 Å². The van der Waals surface area contributed by atoms with E-state index in [-0.39, 0.29) is 24.4 Å². The third-order valence-corrected chi connectivity index (χ3v) is 7.18. The van der Waals surface area contributed by atoms with Crippen LogP contribution in [-0.2, 0) is 4.79 Å². The molecular formula is C31H30ClN3O4. The van der Waals surface area contributed by atoms with Crippen molar-refractivity contribution in [3.63, 3.8) is 0 Å². The highest BCUT2D eigenvalue weighted by atomic mass is 35.5. The average molecular weight is 544 g/mol. The fourth-order valence-electron chi connectivity index (χ4n) is 5.06. The number of para-hydroxylation sites is 2. The average Bonchev–Trinajstić information content (AvgIpc) is 3.44. The van der Waals surface area contributed by atoms with Gasteiger partial charge in [0, 0.05) is 28.9 Å². The van der Waals surface area contributed by atoms with Crippen LogP contribution in [0.3, 0.4) is 0 Å². The predicted octanol–water partition coefficient (Wildman–Crippen LogP) is 6.13. The van der Waals surface area contributed by atoms with E-state index < -0.39 is 6.04 Å². The highest BCUT2D eigenvalue weighted by Gasteiger charge is 2.37. The summed E-state index contributed by atoms with van der Waals surface area (Å²) in [6, 6.07) is 23.7. The quantitative estimate of drug-likeness (QED) is 0.281. The van der Waals surface area contributed by atoms with Crippen molar-refractivity contribution >= 4 is 29.1 Å². The third kappa shape index (κ3) is 4.98. The maximum absolute atomic E-state index is 14.3. The highest BCUT2D eigenvalue weighted by Crippen LogP contribution is 2.42. The van der Waals surface area contributed by atoms with Crippen LogP contribution in [0.4, 0.5) is 5.69 Å². The van der Waals surface area contributed by atoms with Gasteiger partial charge < -0.3 is 18.9 Å². The van der Waals surface area contributed by atoms with Crippen LogP contribution in [-0.4, -0.2) is 48.1 Å². The van der Waals surface area contributed by atoms with Crippen molar-refractivity contribution < 1.29 is 19.1 Å². The van der Waals surface area contributed by atoms with Crippen LogP contribution in [0.5, 0.6) is 11.5 Å². The molecule has 3 aromatic carbocycles. The van der Waals surface area contributed by atoms with Crippen molar-refractivity contribution in [1.82, 2.24) is 9.47 Å². The summed E-state index contributed by atoms with van der Waals surface area (Å²) >= 11 is 6.39. The Labute approximate surface area is 233 Å². The molecule has 8 heteroatoms. The summed E-state index contributed by atoms with van der Waals surface area (Å²) in [4.78, 5) is 31.4. The van der Waals surface area contributed by atoms with Gasteiger partial charge >= 0.3 is 0 Å². The van der Waals surface area contributed by atoms with E-state index in [2.05, 4.69) is 4.57 Å². The number of fused-ring (bicyclic) bond motifs is 3. The minimum Gasteiger partial charge on any atom is -0.497 e. The molecule has 1 atom stereocenters. The normalized spacial score (nSPS) is 14.0. The molecule has 200 valence electrons. The van der Waals surface area contributed by atoms with E-state index in [1.54, 1.807) is 28.0 Å². The van der Waals surface area contributed by atoms with Gasteiger partial charge in [-0.25, -0.2) is 0 Å². The molecule has 0 spiro atoms. The largest absolute Gasteiger partial charge is 0.497 e. The number of benzene rings is 3. The summed E-state index contributed by atoms with van der Waals surface area (Å²) in [7, 11) is 3.07. The molecule has 2 amide bonds. The lowest BCUT2D eigenvalue weighted by Crippen LogP contribution is -2.48. The topological polar surface area (TPSA) is 64.0 Å².